The number of carbonyl (C=O) groups excluding carboxylic acids is 1. The molecule has 19 heavy (non-hydrogen) atoms. The van der Waals surface area contributed by atoms with Crippen molar-refractivity contribution in [1.82, 2.24) is 4.98 Å². The van der Waals surface area contributed by atoms with Crippen LogP contribution in [-0.4, -0.2) is 15.9 Å². The average Bonchev–Trinajstić information content (AvgIpc) is 2.95. The van der Waals surface area contributed by atoms with Crippen molar-refractivity contribution in [3.05, 3.63) is 71.9 Å². The van der Waals surface area contributed by atoms with Gasteiger partial charge in [0.2, 0.25) is 0 Å². The zero-order chi connectivity index (χ0) is 13.2. The molecule has 3 rings (SSSR count). The van der Waals surface area contributed by atoms with Crippen LogP contribution in [-0.2, 0) is 0 Å². The summed E-state index contributed by atoms with van der Waals surface area (Å²) in [5, 5.41) is 11.3. The molecule has 0 aliphatic rings. The lowest BCUT2D eigenvalue weighted by molar-refractivity contribution is 0.0749. The van der Waals surface area contributed by atoms with E-state index in [0.717, 1.165) is 10.9 Å². The molecule has 0 amide bonds. The fraction of sp³-hybridized carbons (Fsp3) is 0.0625. The molecule has 2 N–H and O–H groups in total. The molecule has 2 aromatic carbocycles. The second-order valence-electron chi connectivity index (χ2n) is 4.42. The summed E-state index contributed by atoms with van der Waals surface area (Å²) in [4.78, 5) is 15.3. The molecular formula is C16H13NO2. The second kappa shape index (κ2) is 4.71. The van der Waals surface area contributed by atoms with Gasteiger partial charge in [0.1, 0.15) is 6.10 Å². The predicted octanol–water partition coefficient (Wildman–Crippen LogP) is 3.08. The lowest BCUT2D eigenvalue weighted by atomic mass is 9.98. The molecule has 0 radical (unpaired) electrons. The predicted molar refractivity (Wildman–Crippen MR) is 74.0 cm³/mol. The molecule has 1 atom stereocenters. The number of aromatic amines is 1. The van der Waals surface area contributed by atoms with Crippen LogP contribution in [0.5, 0.6) is 0 Å². The smallest absolute Gasteiger partial charge is 0.195 e. The molecule has 3 nitrogen and oxygen atoms in total. The van der Waals surface area contributed by atoms with E-state index in [2.05, 4.69) is 4.98 Å². The van der Waals surface area contributed by atoms with Gasteiger partial charge in [-0.05, 0) is 11.5 Å². The van der Waals surface area contributed by atoms with Gasteiger partial charge < -0.3 is 10.1 Å². The van der Waals surface area contributed by atoms with Gasteiger partial charge in [0.15, 0.2) is 5.78 Å². The summed E-state index contributed by atoms with van der Waals surface area (Å²) in [5.74, 6) is -0.289. The van der Waals surface area contributed by atoms with Gasteiger partial charge in [0, 0.05) is 17.3 Å². The highest BCUT2D eigenvalue weighted by molar-refractivity contribution is 6.01. The van der Waals surface area contributed by atoms with Crippen LogP contribution in [0.15, 0.2) is 60.8 Å². The number of hydrogen-bond donors (Lipinski definition) is 2. The average molecular weight is 251 g/mol. The Bertz CT molecular complexity index is 716. The zero-order valence-electron chi connectivity index (χ0n) is 10.2. The third-order valence-electron chi connectivity index (χ3n) is 3.22. The largest absolute Gasteiger partial charge is 0.380 e. The Morgan fingerprint density at radius 3 is 2.58 bits per heavy atom. The first-order chi connectivity index (χ1) is 9.27. The van der Waals surface area contributed by atoms with Crippen LogP contribution < -0.4 is 0 Å². The van der Waals surface area contributed by atoms with Crippen molar-refractivity contribution in [2.24, 2.45) is 0 Å². The van der Waals surface area contributed by atoms with Gasteiger partial charge >= 0.3 is 0 Å². The normalized spacial score (nSPS) is 12.5. The van der Waals surface area contributed by atoms with Gasteiger partial charge in [0.05, 0.1) is 5.52 Å². The number of nitrogens with one attached hydrogen (secondary N) is 1. The Morgan fingerprint density at radius 2 is 1.79 bits per heavy atom. The van der Waals surface area contributed by atoms with Gasteiger partial charge in [0.25, 0.3) is 0 Å². The van der Waals surface area contributed by atoms with Crippen LogP contribution in [0, 0.1) is 0 Å². The van der Waals surface area contributed by atoms with Crippen molar-refractivity contribution in [1.29, 1.82) is 0 Å². The minimum atomic E-state index is -1.15. The molecule has 0 aliphatic heterocycles. The molecule has 0 spiro atoms. The molecule has 1 aromatic heterocycles. The molecule has 0 saturated carbocycles. The number of rotatable bonds is 3. The van der Waals surface area contributed by atoms with Crippen LogP contribution >= 0.6 is 0 Å². The zero-order valence-corrected chi connectivity index (χ0v) is 10.2. The molecule has 1 heterocycles. The highest BCUT2D eigenvalue weighted by Crippen LogP contribution is 2.25. The highest BCUT2D eigenvalue weighted by atomic mass is 16.3. The van der Waals surface area contributed by atoms with Crippen molar-refractivity contribution >= 4 is 16.7 Å². The first-order valence-corrected chi connectivity index (χ1v) is 6.11. The molecule has 94 valence electrons. The monoisotopic (exact) mass is 251 g/mol. The van der Waals surface area contributed by atoms with Crippen molar-refractivity contribution in [3.63, 3.8) is 0 Å². The van der Waals surface area contributed by atoms with E-state index in [0.29, 0.717) is 11.1 Å². The number of benzene rings is 2. The Labute approximate surface area is 110 Å². The molecular weight excluding hydrogens is 238 g/mol. The SMILES string of the molecule is O=C(c1ccccc1)[C@@H](O)c1cccc2cc[nH]c12. The van der Waals surface area contributed by atoms with Crippen molar-refractivity contribution < 1.29 is 9.90 Å². The molecule has 0 bridgehead atoms. The summed E-state index contributed by atoms with van der Waals surface area (Å²) < 4.78 is 0. The first-order valence-electron chi connectivity index (χ1n) is 6.11. The molecule has 3 heteroatoms. The fourth-order valence-electron chi connectivity index (χ4n) is 2.24. The number of fused-ring (bicyclic) bond motifs is 1. The number of ketones is 1. The standard InChI is InChI=1S/C16H13NO2/c18-15(12-5-2-1-3-6-12)16(19)13-8-4-7-11-9-10-17-14(11)13/h1-10,16-17,19H/t16-/m0/s1. The molecule has 0 aliphatic carbocycles. The second-order valence-corrected chi connectivity index (χ2v) is 4.42. The van der Waals surface area contributed by atoms with Crippen LogP contribution in [0.4, 0.5) is 0 Å². The van der Waals surface area contributed by atoms with Gasteiger partial charge in [-0.25, -0.2) is 0 Å². The number of H-pyrrole nitrogens is 1. The maximum atomic E-state index is 12.2. The topological polar surface area (TPSA) is 53.1 Å². The number of hydrogen-bond acceptors (Lipinski definition) is 2. The third-order valence-corrected chi connectivity index (χ3v) is 3.22. The third kappa shape index (κ3) is 2.04. The maximum absolute atomic E-state index is 12.2. The lowest BCUT2D eigenvalue weighted by Gasteiger charge is -2.11. The lowest BCUT2D eigenvalue weighted by Crippen LogP contribution is -2.12. The minimum Gasteiger partial charge on any atom is -0.380 e. The Balaban J connectivity index is 2.02. The van der Waals surface area contributed by atoms with Crippen LogP contribution in [0.1, 0.15) is 22.0 Å². The quantitative estimate of drug-likeness (QED) is 0.703. The van der Waals surface area contributed by atoms with Crippen molar-refractivity contribution in [3.8, 4) is 0 Å². The van der Waals surface area contributed by atoms with E-state index in [9.17, 15) is 9.90 Å². The first kappa shape index (κ1) is 11.7. The van der Waals surface area contributed by atoms with E-state index in [-0.39, 0.29) is 5.78 Å². The van der Waals surface area contributed by atoms with Crippen LogP contribution in [0.3, 0.4) is 0 Å². The number of para-hydroxylation sites is 1. The summed E-state index contributed by atoms with van der Waals surface area (Å²) in [7, 11) is 0. The maximum Gasteiger partial charge on any atom is 0.195 e. The Hall–Kier alpha value is -2.39. The summed E-state index contributed by atoms with van der Waals surface area (Å²) in [6.07, 6.45) is 0.651. The number of carbonyl (C=O) groups is 1. The summed E-state index contributed by atoms with van der Waals surface area (Å²) >= 11 is 0. The number of aliphatic hydroxyl groups excluding tert-OH is 1. The Kier molecular flexibility index (Phi) is 2.89. The summed E-state index contributed by atoms with van der Waals surface area (Å²) in [6.45, 7) is 0. The fourth-order valence-corrected chi connectivity index (χ4v) is 2.24. The molecule has 0 fully saturated rings. The van der Waals surface area contributed by atoms with Crippen molar-refractivity contribution in [2.75, 3.05) is 0 Å². The minimum absolute atomic E-state index is 0.289. The van der Waals surface area contributed by atoms with Crippen LogP contribution in [0.2, 0.25) is 0 Å². The Morgan fingerprint density at radius 1 is 1.00 bits per heavy atom. The van der Waals surface area contributed by atoms with Gasteiger partial charge in [-0.3, -0.25) is 4.79 Å². The van der Waals surface area contributed by atoms with Gasteiger partial charge in [-0.15, -0.1) is 0 Å². The summed E-state index contributed by atoms with van der Waals surface area (Å²) in [6, 6.07) is 16.3. The molecule has 3 aromatic rings. The highest BCUT2D eigenvalue weighted by Gasteiger charge is 2.21. The number of Topliss-reactive ketones (excluding diaryl/α,β-unsaturated/α-hetero) is 1. The van der Waals surface area contributed by atoms with E-state index in [1.165, 1.54) is 0 Å². The van der Waals surface area contributed by atoms with E-state index >= 15 is 0 Å². The van der Waals surface area contributed by atoms with Gasteiger partial charge in [-0.2, -0.15) is 0 Å². The molecule has 0 saturated heterocycles. The van der Waals surface area contributed by atoms with E-state index < -0.39 is 6.10 Å². The van der Waals surface area contributed by atoms with E-state index in [4.69, 9.17) is 0 Å². The van der Waals surface area contributed by atoms with Gasteiger partial charge in [-0.1, -0.05) is 48.5 Å². The van der Waals surface area contributed by atoms with Crippen LogP contribution in [0.25, 0.3) is 10.9 Å². The van der Waals surface area contributed by atoms with Crippen molar-refractivity contribution in [2.45, 2.75) is 6.10 Å². The molecule has 0 unspecified atom stereocenters. The van der Waals surface area contributed by atoms with E-state index in [1.54, 1.807) is 36.5 Å². The number of aromatic nitrogens is 1. The van der Waals surface area contributed by atoms with E-state index in [1.807, 2.05) is 24.3 Å². The number of aliphatic hydroxyl groups is 1. The summed E-state index contributed by atoms with van der Waals surface area (Å²) in [5.41, 5.74) is 1.93.